The Hall–Kier alpha value is -3.23. The quantitative estimate of drug-likeness (QED) is 0.662. The van der Waals surface area contributed by atoms with Gasteiger partial charge in [-0.25, -0.2) is 0 Å². The molecule has 1 unspecified atom stereocenters. The number of ketones is 1. The number of rotatable bonds is 3. The molecule has 1 atom stereocenters. The largest absolute Gasteiger partial charge is 0.497 e. The molecule has 4 rings (SSSR count). The van der Waals surface area contributed by atoms with Gasteiger partial charge in [-0.05, 0) is 54.2 Å². The summed E-state index contributed by atoms with van der Waals surface area (Å²) >= 11 is 6.32. The fourth-order valence-corrected chi connectivity index (χ4v) is 4.90. The molecule has 0 spiro atoms. The first kappa shape index (κ1) is 22.0. The second-order valence-corrected chi connectivity index (χ2v) is 9.62. The average Bonchev–Trinajstić information content (AvgIpc) is 2.74. The van der Waals surface area contributed by atoms with Crippen LogP contribution in [0.2, 0.25) is 5.02 Å². The molecule has 0 amide bonds. The van der Waals surface area contributed by atoms with Crippen LogP contribution in [0.3, 0.4) is 0 Å². The van der Waals surface area contributed by atoms with Crippen molar-refractivity contribution in [3.05, 3.63) is 81.3 Å². The predicted octanol–water partition coefficient (Wildman–Crippen LogP) is 5.60. The molecular formula is C26H26ClN3O2. The van der Waals surface area contributed by atoms with Crippen LogP contribution in [-0.4, -0.2) is 12.9 Å². The van der Waals surface area contributed by atoms with Crippen LogP contribution in [0.5, 0.6) is 5.75 Å². The number of hydrogen-bond donors (Lipinski definition) is 1. The molecule has 1 heterocycles. The Labute approximate surface area is 193 Å². The molecule has 6 heteroatoms. The third-order valence-corrected chi connectivity index (χ3v) is 6.48. The number of methoxy groups -OCH3 is 1. The van der Waals surface area contributed by atoms with Gasteiger partial charge in [0.05, 0.1) is 30.4 Å². The van der Waals surface area contributed by atoms with Crippen molar-refractivity contribution in [3.8, 4) is 11.8 Å². The van der Waals surface area contributed by atoms with E-state index < -0.39 is 5.92 Å². The van der Waals surface area contributed by atoms with Crippen LogP contribution in [0.4, 0.5) is 5.69 Å². The van der Waals surface area contributed by atoms with E-state index >= 15 is 0 Å². The number of allylic oxidation sites excluding steroid dienone is 3. The fraction of sp³-hybridized carbons (Fsp3) is 0.308. The molecule has 164 valence electrons. The molecule has 0 fully saturated rings. The first-order valence-corrected chi connectivity index (χ1v) is 10.9. The first-order chi connectivity index (χ1) is 15.2. The molecule has 0 aromatic heterocycles. The molecule has 0 saturated carbocycles. The van der Waals surface area contributed by atoms with Gasteiger partial charge in [-0.15, -0.1) is 0 Å². The minimum absolute atomic E-state index is 0.0435. The van der Waals surface area contributed by atoms with Crippen LogP contribution < -0.4 is 15.4 Å². The number of carbonyl (C=O) groups excluding carboxylic acids is 1. The van der Waals surface area contributed by atoms with E-state index in [0.29, 0.717) is 40.6 Å². The van der Waals surface area contributed by atoms with Gasteiger partial charge in [-0.2, -0.15) is 5.26 Å². The van der Waals surface area contributed by atoms with Gasteiger partial charge >= 0.3 is 0 Å². The number of anilines is 1. The first-order valence-electron chi connectivity index (χ1n) is 10.5. The number of aryl methyl sites for hydroxylation is 1. The third kappa shape index (κ3) is 3.65. The smallest absolute Gasteiger partial charge is 0.162 e. The zero-order valence-corrected chi connectivity index (χ0v) is 19.5. The summed E-state index contributed by atoms with van der Waals surface area (Å²) in [6.07, 6.45) is 1.07. The number of ether oxygens (including phenoxy) is 1. The standard InChI is InChI=1S/C26H26ClN3O2/c1-15-5-8-17(27)11-20(15)30-21-12-26(2,3)13-22(31)24(21)23(19(14-28)25(30)29)16-6-9-18(32-4)10-7-16/h5-11,23H,12-13,29H2,1-4H3. The summed E-state index contributed by atoms with van der Waals surface area (Å²) in [5.74, 6) is 0.576. The van der Waals surface area contributed by atoms with E-state index in [9.17, 15) is 10.1 Å². The van der Waals surface area contributed by atoms with Crippen molar-refractivity contribution in [2.75, 3.05) is 12.0 Å². The van der Waals surface area contributed by atoms with E-state index in [1.807, 2.05) is 54.3 Å². The average molecular weight is 448 g/mol. The van der Waals surface area contributed by atoms with E-state index in [2.05, 4.69) is 19.9 Å². The zero-order chi connectivity index (χ0) is 23.2. The summed E-state index contributed by atoms with van der Waals surface area (Å²) in [6.45, 7) is 6.14. The molecule has 2 N–H and O–H groups in total. The predicted molar refractivity (Wildman–Crippen MR) is 126 cm³/mol. The van der Waals surface area contributed by atoms with Crippen molar-refractivity contribution < 1.29 is 9.53 Å². The summed E-state index contributed by atoms with van der Waals surface area (Å²) in [5.41, 5.74) is 10.9. The third-order valence-electron chi connectivity index (χ3n) is 6.24. The summed E-state index contributed by atoms with van der Waals surface area (Å²) in [5, 5.41) is 10.7. The van der Waals surface area contributed by atoms with Crippen LogP contribution >= 0.6 is 11.6 Å². The monoisotopic (exact) mass is 447 g/mol. The molecule has 0 radical (unpaired) electrons. The van der Waals surface area contributed by atoms with Gasteiger partial charge < -0.3 is 10.5 Å². The number of nitrogens with two attached hydrogens (primary N) is 1. The second kappa shape index (κ2) is 8.03. The number of halogens is 1. The topological polar surface area (TPSA) is 79.3 Å². The molecule has 2 aliphatic rings. The van der Waals surface area contributed by atoms with Gasteiger partial charge in [0.25, 0.3) is 0 Å². The van der Waals surface area contributed by atoms with Crippen LogP contribution in [-0.2, 0) is 4.79 Å². The zero-order valence-electron chi connectivity index (χ0n) is 18.7. The lowest BCUT2D eigenvalue weighted by Gasteiger charge is -2.44. The summed E-state index contributed by atoms with van der Waals surface area (Å²) in [6, 6.07) is 15.3. The van der Waals surface area contributed by atoms with Gasteiger partial charge in [-0.1, -0.05) is 43.6 Å². The summed E-state index contributed by atoms with van der Waals surface area (Å²) in [4.78, 5) is 15.4. The van der Waals surface area contributed by atoms with Gasteiger partial charge in [0, 0.05) is 22.7 Å². The number of benzene rings is 2. The van der Waals surface area contributed by atoms with Crippen molar-refractivity contribution in [2.45, 2.75) is 39.5 Å². The Morgan fingerprint density at radius 1 is 1.19 bits per heavy atom. The van der Waals surface area contributed by atoms with Crippen molar-refractivity contribution in [3.63, 3.8) is 0 Å². The Kier molecular flexibility index (Phi) is 5.52. The molecule has 0 saturated heterocycles. The lowest BCUT2D eigenvalue weighted by Crippen LogP contribution is -2.42. The minimum Gasteiger partial charge on any atom is -0.497 e. The molecule has 0 bridgehead atoms. The van der Waals surface area contributed by atoms with Gasteiger partial charge in [0.15, 0.2) is 5.78 Å². The normalized spacial score (nSPS) is 20.2. The number of Topliss-reactive ketones (excluding diaryl/α,β-unsaturated/α-hetero) is 1. The second-order valence-electron chi connectivity index (χ2n) is 9.18. The Morgan fingerprint density at radius 3 is 2.50 bits per heavy atom. The maximum Gasteiger partial charge on any atom is 0.162 e. The van der Waals surface area contributed by atoms with Crippen LogP contribution in [0, 0.1) is 23.7 Å². The highest BCUT2D eigenvalue weighted by Crippen LogP contribution is 2.50. The van der Waals surface area contributed by atoms with E-state index in [-0.39, 0.29) is 11.2 Å². The minimum atomic E-state index is -0.514. The maximum atomic E-state index is 13.5. The fourth-order valence-electron chi connectivity index (χ4n) is 4.74. The van der Waals surface area contributed by atoms with Gasteiger partial charge in [0.1, 0.15) is 11.6 Å². The number of nitriles is 1. The lowest BCUT2D eigenvalue weighted by atomic mass is 9.68. The Bertz CT molecular complexity index is 1200. The number of carbonyl (C=O) groups is 1. The highest BCUT2D eigenvalue weighted by Gasteiger charge is 2.44. The van der Waals surface area contributed by atoms with E-state index in [1.165, 1.54) is 0 Å². The number of nitrogens with zero attached hydrogens (tertiary/aromatic N) is 2. The molecule has 2 aromatic carbocycles. The Balaban J connectivity index is 2.00. The highest BCUT2D eigenvalue weighted by atomic mass is 35.5. The van der Waals surface area contributed by atoms with Crippen molar-refractivity contribution in [1.82, 2.24) is 0 Å². The van der Waals surface area contributed by atoms with Crippen LogP contribution in [0.15, 0.2) is 65.1 Å². The maximum absolute atomic E-state index is 13.5. The van der Waals surface area contributed by atoms with Crippen molar-refractivity contribution in [1.29, 1.82) is 5.26 Å². The van der Waals surface area contributed by atoms with E-state index in [1.54, 1.807) is 7.11 Å². The molecule has 32 heavy (non-hydrogen) atoms. The van der Waals surface area contributed by atoms with Crippen molar-refractivity contribution >= 4 is 23.1 Å². The number of hydrogen-bond acceptors (Lipinski definition) is 5. The van der Waals surface area contributed by atoms with Gasteiger partial charge in [0.2, 0.25) is 0 Å². The molecule has 1 aliphatic carbocycles. The summed E-state index contributed by atoms with van der Waals surface area (Å²) in [7, 11) is 1.60. The molecule has 2 aromatic rings. The van der Waals surface area contributed by atoms with Gasteiger partial charge in [-0.3, -0.25) is 9.69 Å². The SMILES string of the molecule is COc1ccc(C2C(C#N)=C(N)N(c3cc(Cl)ccc3C)C3=C2C(=O)CC(C)(C)C3)cc1. The van der Waals surface area contributed by atoms with E-state index in [0.717, 1.165) is 22.5 Å². The van der Waals surface area contributed by atoms with Crippen LogP contribution in [0.1, 0.15) is 43.7 Å². The molecular weight excluding hydrogens is 422 g/mol. The van der Waals surface area contributed by atoms with Crippen LogP contribution in [0.25, 0.3) is 0 Å². The highest BCUT2D eigenvalue weighted by molar-refractivity contribution is 6.30. The summed E-state index contributed by atoms with van der Waals surface area (Å²) < 4.78 is 5.28. The van der Waals surface area contributed by atoms with E-state index in [4.69, 9.17) is 22.1 Å². The Morgan fingerprint density at radius 2 is 1.88 bits per heavy atom. The lowest BCUT2D eigenvalue weighted by molar-refractivity contribution is -0.118. The molecule has 1 aliphatic heterocycles. The molecule has 5 nitrogen and oxygen atoms in total. The van der Waals surface area contributed by atoms with Crippen molar-refractivity contribution in [2.24, 2.45) is 11.1 Å².